The molecule has 2 saturated heterocycles. The first-order valence-corrected chi connectivity index (χ1v) is 7.94. The van der Waals surface area contributed by atoms with Crippen molar-refractivity contribution in [3.63, 3.8) is 0 Å². The van der Waals surface area contributed by atoms with Crippen LogP contribution in [0.2, 0.25) is 0 Å². The molecule has 3 unspecified atom stereocenters. The van der Waals surface area contributed by atoms with Crippen molar-refractivity contribution in [2.45, 2.75) is 37.4 Å². The minimum absolute atomic E-state index is 0.464. The van der Waals surface area contributed by atoms with E-state index in [1.54, 1.807) is 0 Å². The van der Waals surface area contributed by atoms with Gasteiger partial charge in [-0.15, -0.1) is 0 Å². The van der Waals surface area contributed by atoms with Gasteiger partial charge in [0.2, 0.25) is 0 Å². The van der Waals surface area contributed by atoms with Gasteiger partial charge in [0, 0.05) is 31.2 Å². The summed E-state index contributed by atoms with van der Waals surface area (Å²) in [6.45, 7) is 3.66. The molecular weight excluding hydrogens is 246 g/mol. The molecule has 2 fully saturated rings. The highest BCUT2D eigenvalue weighted by molar-refractivity contribution is 5.19. The van der Waals surface area contributed by atoms with Gasteiger partial charge in [0.1, 0.15) is 0 Å². The van der Waals surface area contributed by atoms with Crippen LogP contribution >= 0.6 is 0 Å². The molecule has 3 atom stereocenters. The third-order valence-corrected chi connectivity index (χ3v) is 4.99. The highest BCUT2D eigenvalue weighted by Crippen LogP contribution is 2.28. The van der Waals surface area contributed by atoms with E-state index >= 15 is 0 Å². The lowest BCUT2D eigenvalue weighted by Crippen LogP contribution is -2.42. The van der Waals surface area contributed by atoms with Crippen LogP contribution < -0.4 is 5.32 Å². The summed E-state index contributed by atoms with van der Waals surface area (Å²) >= 11 is 0. The number of rotatable bonds is 5. The van der Waals surface area contributed by atoms with Crippen molar-refractivity contribution < 1.29 is 0 Å². The largest absolute Gasteiger partial charge is 0.310 e. The molecule has 0 aromatic heterocycles. The summed E-state index contributed by atoms with van der Waals surface area (Å²) in [6, 6.07) is 12.8. The molecule has 1 N–H and O–H groups in total. The normalized spacial score (nSPS) is 27.9. The SMILES string of the molecule is CN(C)C(CNC1CCN2CCCC12)c1ccccc1. The molecule has 1 aromatic carbocycles. The fourth-order valence-electron chi connectivity index (χ4n) is 3.86. The highest BCUT2D eigenvalue weighted by Gasteiger charge is 2.37. The van der Waals surface area contributed by atoms with E-state index < -0.39 is 0 Å². The summed E-state index contributed by atoms with van der Waals surface area (Å²) in [5, 5.41) is 3.85. The molecule has 1 aromatic rings. The number of fused-ring (bicyclic) bond motifs is 1. The zero-order valence-electron chi connectivity index (χ0n) is 12.8. The summed E-state index contributed by atoms with van der Waals surface area (Å²) in [4.78, 5) is 4.99. The molecule has 0 bridgehead atoms. The maximum Gasteiger partial charge on any atom is 0.0466 e. The van der Waals surface area contributed by atoms with Crippen molar-refractivity contribution in [1.29, 1.82) is 0 Å². The van der Waals surface area contributed by atoms with Gasteiger partial charge in [-0.3, -0.25) is 4.90 Å². The lowest BCUT2D eigenvalue weighted by Gasteiger charge is -2.28. The van der Waals surface area contributed by atoms with Gasteiger partial charge in [0.25, 0.3) is 0 Å². The Bertz CT molecular complexity index is 418. The average Bonchev–Trinajstić information content (AvgIpc) is 3.04. The molecular formula is C17H27N3. The molecule has 3 heteroatoms. The Kier molecular flexibility index (Phi) is 4.39. The molecule has 20 heavy (non-hydrogen) atoms. The van der Waals surface area contributed by atoms with Crippen LogP contribution in [0.1, 0.15) is 30.9 Å². The summed E-state index contributed by atoms with van der Waals surface area (Å²) in [7, 11) is 4.35. The van der Waals surface area contributed by atoms with E-state index in [-0.39, 0.29) is 0 Å². The minimum atomic E-state index is 0.464. The molecule has 2 aliphatic heterocycles. The highest BCUT2D eigenvalue weighted by atomic mass is 15.2. The van der Waals surface area contributed by atoms with Crippen LogP contribution in [0.15, 0.2) is 30.3 Å². The first-order chi connectivity index (χ1) is 9.75. The van der Waals surface area contributed by atoms with Gasteiger partial charge in [-0.05, 0) is 45.5 Å². The molecule has 2 heterocycles. The Labute approximate surface area is 123 Å². The van der Waals surface area contributed by atoms with Gasteiger partial charge in [-0.2, -0.15) is 0 Å². The Morgan fingerprint density at radius 2 is 2.00 bits per heavy atom. The van der Waals surface area contributed by atoms with Crippen molar-refractivity contribution in [2.75, 3.05) is 33.7 Å². The Morgan fingerprint density at radius 1 is 1.20 bits per heavy atom. The van der Waals surface area contributed by atoms with Crippen LogP contribution in [0, 0.1) is 0 Å². The van der Waals surface area contributed by atoms with Crippen molar-refractivity contribution in [3.8, 4) is 0 Å². The minimum Gasteiger partial charge on any atom is -0.310 e. The van der Waals surface area contributed by atoms with E-state index in [0.29, 0.717) is 12.1 Å². The van der Waals surface area contributed by atoms with Gasteiger partial charge in [0.05, 0.1) is 0 Å². The lowest BCUT2D eigenvalue weighted by atomic mass is 10.0. The number of benzene rings is 1. The molecule has 3 rings (SSSR count). The van der Waals surface area contributed by atoms with Gasteiger partial charge in [-0.1, -0.05) is 30.3 Å². The van der Waals surface area contributed by atoms with Crippen LogP contribution in [-0.2, 0) is 0 Å². The second-order valence-corrected chi connectivity index (χ2v) is 6.44. The standard InChI is InChI=1S/C17H27N3/c1-19(2)17(14-7-4-3-5-8-14)13-18-15-10-12-20-11-6-9-16(15)20/h3-5,7-8,15-18H,6,9-13H2,1-2H3. The fourth-order valence-corrected chi connectivity index (χ4v) is 3.86. The maximum atomic E-state index is 3.85. The van der Waals surface area contributed by atoms with Crippen molar-refractivity contribution in [2.24, 2.45) is 0 Å². The molecule has 2 aliphatic rings. The Morgan fingerprint density at radius 3 is 2.75 bits per heavy atom. The maximum absolute atomic E-state index is 3.85. The monoisotopic (exact) mass is 273 g/mol. The number of nitrogens with one attached hydrogen (secondary N) is 1. The molecule has 0 spiro atoms. The van der Waals surface area contributed by atoms with Gasteiger partial charge in [0.15, 0.2) is 0 Å². The van der Waals surface area contributed by atoms with Crippen molar-refractivity contribution >= 4 is 0 Å². The summed E-state index contributed by atoms with van der Waals surface area (Å²) < 4.78 is 0. The third kappa shape index (κ3) is 2.90. The number of hydrogen-bond donors (Lipinski definition) is 1. The molecule has 0 aliphatic carbocycles. The van der Waals surface area contributed by atoms with Gasteiger partial charge < -0.3 is 10.2 Å². The summed E-state index contributed by atoms with van der Waals surface area (Å²) in [5.74, 6) is 0. The van der Waals surface area contributed by atoms with Crippen molar-refractivity contribution in [1.82, 2.24) is 15.1 Å². The molecule has 3 nitrogen and oxygen atoms in total. The lowest BCUT2D eigenvalue weighted by molar-refractivity contribution is 0.259. The van der Waals surface area contributed by atoms with E-state index in [9.17, 15) is 0 Å². The molecule has 0 radical (unpaired) electrons. The zero-order chi connectivity index (χ0) is 13.9. The predicted molar refractivity (Wildman–Crippen MR) is 83.9 cm³/mol. The second-order valence-electron chi connectivity index (χ2n) is 6.44. The van der Waals surface area contributed by atoms with E-state index in [0.717, 1.165) is 12.6 Å². The van der Waals surface area contributed by atoms with Crippen molar-refractivity contribution in [3.05, 3.63) is 35.9 Å². The van der Waals surface area contributed by atoms with Crippen LogP contribution in [0.5, 0.6) is 0 Å². The molecule has 0 saturated carbocycles. The first-order valence-electron chi connectivity index (χ1n) is 7.94. The van der Waals surface area contributed by atoms with Crippen LogP contribution in [0.3, 0.4) is 0 Å². The third-order valence-electron chi connectivity index (χ3n) is 4.99. The smallest absolute Gasteiger partial charge is 0.0466 e. The Hall–Kier alpha value is -0.900. The van der Waals surface area contributed by atoms with E-state index in [2.05, 4.69) is 59.5 Å². The predicted octanol–water partition coefficient (Wildman–Crippen LogP) is 2.12. The fraction of sp³-hybridized carbons (Fsp3) is 0.647. The quantitative estimate of drug-likeness (QED) is 0.886. The van der Waals surface area contributed by atoms with Crippen LogP contribution in [0.4, 0.5) is 0 Å². The number of nitrogens with zero attached hydrogens (tertiary/aromatic N) is 2. The molecule has 0 amide bonds. The summed E-state index contributed by atoms with van der Waals surface area (Å²) in [6.07, 6.45) is 4.09. The zero-order valence-corrected chi connectivity index (χ0v) is 12.8. The molecule has 110 valence electrons. The van der Waals surface area contributed by atoms with E-state index in [1.807, 2.05) is 0 Å². The summed E-state index contributed by atoms with van der Waals surface area (Å²) in [5.41, 5.74) is 1.41. The first kappa shape index (κ1) is 14.1. The Balaban J connectivity index is 1.60. The van der Waals surface area contributed by atoms with Crippen LogP contribution in [0.25, 0.3) is 0 Å². The topological polar surface area (TPSA) is 18.5 Å². The second kappa shape index (κ2) is 6.25. The number of hydrogen-bond acceptors (Lipinski definition) is 3. The van der Waals surface area contributed by atoms with Crippen LogP contribution in [-0.4, -0.2) is 55.6 Å². The number of likely N-dealkylation sites (N-methyl/N-ethyl adjacent to an activating group) is 1. The van der Waals surface area contributed by atoms with Gasteiger partial charge >= 0.3 is 0 Å². The van der Waals surface area contributed by atoms with E-state index in [4.69, 9.17) is 0 Å². The van der Waals surface area contributed by atoms with Gasteiger partial charge in [-0.25, -0.2) is 0 Å². The van der Waals surface area contributed by atoms with E-state index in [1.165, 1.54) is 37.9 Å². The average molecular weight is 273 g/mol.